The summed E-state index contributed by atoms with van der Waals surface area (Å²) in [6.07, 6.45) is 3.68. The number of hydrogen-bond acceptors (Lipinski definition) is 12. The van der Waals surface area contributed by atoms with Gasteiger partial charge in [-0.3, -0.25) is 14.5 Å². The van der Waals surface area contributed by atoms with E-state index in [0.717, 1.165) is 39.7 Å². The lowest BCUT2D eigenvalue weighted by atomic mass is 10.0. The summed E-state index contributed by atoms with van der Waals surface area (Å²) in [7, 11) is 6.34. The number of aliphatic carboxylic acids is 2. The van der Waals surface area contributed by atoms with E-state index in [4.69, 9.17) is 10.6 Å². The Morgan fingerprint density at radius 2 is 1.93 bits per heavy atom. The van der Waals surface area contributed by atoms with Gasteiger partial charge in [0.25, 0.3) is 11.8 Å². The minimum atomic E-state index is -1.78. The number of carbonyl (C=O) groups is 4. The third-order valence-corrected chi connectivity index (χ3v) is 8.54. The smallest absolute Gasteiger partial charge is 0.352 e. The van der Waals surface area contributed by atoms with Crippen molar-refractivity contribution in [2.24, 2.45) is 5.16 Å². The van der Waals surface area contributed by atoms with Crippen molar-refractivity contribution in [2.45, 2.75) is 37.4 Å². The van der Waals surface area contributed by atoms with E-state index in [-0.39, 0.29) is 23.2 Å². The van der Waals surface area contributed by atoms with Crippen LogP contribution in [0.5, 0.6) is 0 Å². The first-order chi connectivity index (χ1) is 20.6. The number of nitrogens with two attached hydrogens (primary N) is 1. The van der Waals surface area contributed by atoms with Crippen molar-refractivity contribution in [1.82, 2.24) is 19.6 Å². The number of quaternary nitrogens is 1. The summed E-state index contributed by atoms with van der Waals surface area (Å²) in [5.41, 5.74) is 4.72. The van der Waals surface area contributed by atoms with Crippen LogP contribution in [0.15, 0.2) is 41.0 Å². The molecule has 2 aromatic heterocycles. The maximum absolute atomic E-state index is 13.2. The molecule has 0 bridgehead atoms. The van der Waals surface area contributed by atoms with Gasteiger partial charge in [-0.05, 0) is 13.8 Å². The molecular weight excluding hydrogens is 614 g/mol. The van der Waals surface area contributed by atoms with Crippen LogP contribution in [0.4, 0.5) is 10.8 Å². The van der Waals surface area contributed by atoms with Gasteiger partial charge in [-0.15, -0.1) is 11.8 Å². The first kappa shape index (κ1) is 32.6. The van der Waals surface area contributed by atoms with Crippen molar-refractivity contribution in [3.8, 4) is 0 Å². The number of aromatic nitrogens is 3. The minimum Gasteiger partial charge on any atom is -0.478 e. The summed E-state index contributed by atoms with van der Waals surface area (Å²) in [6, 6.07) is 2.73. The Bertz CT molecular complexity index is 1520. The lowest BCUT2D eigenvalue weighted by molar-refractivity contribution is -0.868. The SMILES string of the molecule is CC(C)(ON=C(C(=O)NC1C(=O)N2C(C(=O)O)=C(C[n+]3ccc(NCC[N+](C)(C)C)cc3)CSC12)c1nsc(N)n1)C(=O)O. The molecule has 1 fully saturated rings. The predicted molar refractivity (Wildman–Crippen MR) is 161 cm³/mol. The minimum absolute atomic E-state index is 0.0270. The molecule has 44 heavy (non-hydrogen) atoms. The molecule has 2 unspecified atom stereocenters. The predicted octanol–water partition coefficient (Wildman–Crippen LogP) is -0.451. The average Bonchev–Trinajstić information content (AvgIpc) is 3.37. The molecule has 6 N–H and O–H groups in total. The maximum atomic E-state index is 13.2. The quantitative estimate of drug-likeness (QED) is 0.0614. The summed E-state index contributed by atoms with van der Waals surface area (Å²) in [4.78, 5) is 60.4. The number of carboxylic acid groups (broad SMARTS) is 2. The number of fused-ring (bicyclic) bond motifs is 1. The van der Waals surface area contributed by atoms with E-state index < -0.39 is 46.5 Å². The van der Waals surface area contributed by atoms with Crippen molar-refractivity contribution < 1.29 is 43.3 Å². The van der Waals surface area contributed by atoms with E-state index in [1.54, 1.807) is 0 Å². The second-order valence-corrected chi connectivity index (χ2v) is 13.5. The number of nitrogens with one attached hydrogen (secondary N) is 2. The lowest BCUT2D eigenvalue weighted by Gasteiger charge is -2.49. The van der Waals surface area contributed by atoms with Gasteiger partial charge in [0, 0.05) is 40.7 Å². The van der Waals surface area contributed by atoms with Crippen LogP contribution in [-0.2, 0) is 30.6 Å². The fourth-order valence-electron chi connectivity index (χ4n) is 4.17. The molecule has 0 radical (unpaired) electrons. The highest BCUT2D eigenvalue weighted by Gasteiger charge is 2.55. The topological polar surface area (TPSA) is 213 Å². The van der Waals surface area contributed by atoms with Crippen LogP contribution in [-0.4, -0.2) is 115 Å². The Hall–Kier alpha value is -4.29. The number of nitrogen functional groups attached to an aromatic ring is 1. The normalized spacial score (nSPS) is 18.8. The van der Waals surface area contributed by atoms with Crippen molar-refractivity contribution in [3.63, 3.8) is 0 Å². The van der Waals surface area contributed by atoms with Crippen LogP contribution in [0, 0.1) is 0 Å². The molecular formula is C26H35N9O7S2+2. The van der Waals surface area contributed by atoms with E-state index in [1.165, 1.54) is 25.6 Å². The molecule has 236 valence electrons. The van der Waals surface area contributed by atoms with Crippen LogP contribution in [0.2, 0.25) is 0 Å². The number of thioether (sulfide) groups is 1. The Morgan fingerprint density at radius 1 is 1.25 bits per heavy atom. The fraction of sp³-hybridized carbons (Fsp3) is 0.462. The number of amides is 2. The number of likely N-dealkylation sites (N-methyl/N-ethyl adjacent to an activating group) is 1. The van der Waals surface area contributed by atoms with E-state index >= 15 is 0 Å². The molecule has 18 heteroatoms. The van der Waals surface area contributed by atoms with E-state index in [9.17, 15) is 29.4 Å². The third-order valence-electron chi connectivity index (χ3n) is 6.66. The number of β-lactam (4-membered cyclic amide) rings is 1. The number of carboxylic acids is 2. The Balaban J connectivity index is 1.47. The highest BCUT2D eigenvalue weighted by molar-refractivity contribution is 8.00. The van der Waals surface area contributed by atoms with Crippen molar-refractivity contribution in [1.29, 1.82) is 0 Å². The van der Waals surface area contributed by atoms with Crippen molar-refractivity contribution in [3.05, 3.63) is 41.6 Å². The number of pyridine rings is 1. The standard InChI is InChI=1S/C26H33N9O7S2/c1-26(2,24(40)41)42-31-16(19-30-25(27)44-32-19)20(36)29-17-21(37)34-18(23(38)39)14(13-43-22(17)34)12-33-9-6-15(7-10-33)28-8-11-35(3,4)5/h6-7,9-10,17,22H,8,11-13H2,1-5H3,(H4-,27,29,30,32,36,38,39,40,41)/p+2. The van der Waals surface area contributed by atoms with Gasteiger partial charge in [-0.2, -0.15) is 9.36 Å². The molecule has 0 spiro atoms. The molecule has 2 aliphatic rings. The van der Waals surface area contributed by atoms with Gasteiger partial charge in [0.1, 0.15) is 17.1 Å². The van der Waals surface area contributed by atoms with Crippen LogP contribution < -0.4 is 20.9 Å². The van der Waals surface area contributed by atoms with Gasteiger partial charge in [0.2, 0.25) is 17.1 Å². The molecule has 2 amide bonds. The zero-order chi connectivity index (χ0) is 32.4. The van der Waals surface area contributed by atoms with Crippen LogP contribution in [0.25, 0.3) is 0 Å². The summed E-state index contributed by atoms with van der Waals surface area (Å²) >= 11 is 2.09. The Labute approximate surface area is 261 Å². The number of rotatable bonds is 13. The molecule has 2 aliphatic heterocycles. The molecule has 2 aromatic rings. The molecule has 16 nitrogen and oxygen atoms in total. The molecule has 0 aromatic carbocycles. The molecule has 0 aliphatic carbocycles. The molecule has 4 rings (SSSR count). The number of anilines is 2. The Kier molecular flexibility index (Phi) is 9.45. The highest BCUT2D eigenvalue weighted by atomic mass is 32.2. The number of carbonyl (C=O) groups excluding carboxylic acids is 2. The van der Waals surface area contributed by atoms with E-state index in [1.807, 2.05) is 29.1 Å². The fourth-order valence-corrected chi connectivity index (χ4v) is 5.93. The van der Waals surface area contributed by atoms with Gasteiger partial charge < -0.3 is 35.9 Å². The molecule has 4 heterocycles. The number of nitrogens with zero attached hydrogens (tertiary/aromatic N) is 6. The maximum Gasteiger partial charge on any atom is 0.352 e. The van der Waals surface area contributed by atoms with Crippen molar-refractivity contribution >= 4 is 63.6 Å². The van der Waals surface area contributed by atoms with Gasteiger partial charge in [0.15, 0.2) is 24.1 Å². The van der Waals surface area contributed by atoms with Crippen LogP contribution in [0.3, 0.4) is 0 Å². The number of hydrogen-bond donors (Lipinski definition) is 5. The third kappa shape index (κ3) is 7.43. The largest absolute Gasteiger partial charge is 0.478 e. The summed E-state index contributed by atoms with van der Waals surface area (Å²) in [5, 5.41) is 28.3. The van der Waals surface area contributed by atoms with Gasteiger partial charge in [-0.1, -0.05) is 5.16 Å². The molecule has 0 saturated carbocycles. The second-order valence-electron chi connectivity index (χ2n) is 11.6. The van der Waals surface area contributed by atoms with Crippen LogP contribution in [0.1, 0.15) is 19.7 Å². The average molecular weight is 650 g/mol. The summed E-state index contributed by atoms with van der Waals surface area (Å²) < 4.78 is 6.61. The highest BCUT2D eigenvalue weighted by Crippen LogP contribution is 2.40. The Morgan fingerprint density at radius 3 is 2.50 bits per heavy atom. The molecule has 2 atom stereocenters. The first-order valence-electron chi connectivity index (χ1n) is 13.4. The van der Waals surface area contributed by atoms with Gasteiger partial charge in [0.05, 0.1) is 34.2 Å². The van der Waals surface area contributed by atoms with E-state index in [2.05, 4.69) is 46.3 Å². The first-order valence-corrected chi connectivity index (χ1v) is 15.2. The van der Waals surface area contributed by atoms with Gasteiger partial charge >= 0.3 is 11.9 Å². The van der Waals surface area contributed by atoms with Crippen LogP contribution >= 0.6 is 23.3 Å². The second kappa shape index (κ2) is 12.7. The summed E-state index contributed by atoms with van der Waals surface area (Å²) in [6.45, 7) is 4.46. The van der Waals surface area contributed by atoms with Gasteiger partial charge in [-0.25, -0.2) is 14.2 Å². The zero-order valence-electron chi connectivity index (χ0n) is 24.8. The zero-order valence-corrected chi connectivity index (χ0v) is 26.4. The van der Waals surface area contributed by atoms with Crippen molar-refractivity contribution in [2.75, 3.05) is 51.0 Å². The number of oxime groups is 1. The summed E-state index contributed by atoms with van der Waals surface area (Å²) in [5.74, 6) is -4.04. The monoisotopic (exact) mass is 649 g/mol. The lowest BCUT2D eigenvalue weighted by Crippen LogP contribution is -2.71. The van der Waals surface area contributed by atoms with E-state index in [0.29, 0.717) is 11.3 Å². The molecule has 1 saturated heterocycles.